The lowest BCUT2D eigenvalue weighted by Gasteiger charge is -2.28. The molecular weight excluding hydrogens is 406 g/mol. The summed E-state index contributed by atoms with van der Waals surface area (Å²) in [5, 5.41) is 0. The molecule has 32 heavy (non-hydrogen) atoms. The van der Waals surface area contributed by atoms with Crippen molar-refractivity contribution in [2.75, 3.05) is 41.1 Å². The molecule has 0 aromatic heterocycles. The molecule has 1 saturated heterocycles. The van der Waals surface area contributed by atoms with Crippen LogP contribution >= 0.6 is 0 Å². The zero-order chi connectivity index (χ0) is 23.0. The monoisotopic (exact) mass is 441 g/mol. The molecule has 0 amide bonds. The number of ether oxygens (including phenoxy) is 5. The SMILES string of the molecule is C=CN(CCCCOC1(c2ccc(OC)c(OC)c2)CO1)C(C)Cc1ccc(OC)cc1. The first-order chi connectivity index (χ1) is 15.5. The van der Waals surface area contributed by atoms with Gasteiger partial charge in [-0.25, -0.2) is 0 Å². The lowest BCUT2D eigenvalue weighted by Crippen LogP contribution is -2.30. The van der Waals surface area contributed by atoms with Gasteiger partial charge in [0.1, 0.15) is 12.4 Å². The molecule has 1 aliphatic rings. The van der Waals surface area contributed by atoms with E-state index in [9.17, 15) is 0 Å². The molecule has 2 atom stereocenters. The van der Waals surface area contributed by atoms with Gasteiger partial charge in [-0.15, -0.1) is 0 Å². The van der Waals surface area contributed by atoms with Crippen LogP contribution in [0.25, 0.3) is 0 Å². The van der Waals surface area contributed by atoms with Gasteiger partial charge in [-0.1, -0.05) is 18.7 Å². The highest BCUT2D eigenvalue weighted by Crippen LogP contribution is 2.43. The minimum absolute atomic E-state index is 0.367. The fourth-order valence-corrected chi connectivity index (χ4v) is 3.82. The van der Waals surface area contributed by atoms with E-state index in [0.29, 0.717) is 30.8 Å². The first-order valence-corrected chi connectivity index (χ1v) is 11.1. The van der Waals surface area contributed by atoms with Crippen molar-refractivity contribution in [3.63, 3.8) is 0 Å². The van der Waals surface area contributed by atoms with E-state index in [2.05, 4.69) is 30.5 Å². The molecule has 6 nitrogen and oxygen atoms in total. The van der Waals surface area contributed by atoms with Crippen LogP contribution in [0.3, 0.4) is 0 Å². The van der Waals surface area contributed by atoms with E-state index < -0.39 is 5.79 Å². The predicted octanol–water partition coefficient (Wildman–Crippen LogP) is 4.77. The highest BCUT2D eigenvalue weighted by Gasteiger charge is 2.48. The van der Waals surface area contributed by atoms with Crippen molar-refractivity contribution >= 4 is 0 Å². The van der Waals surface area contributed by atoms with Gasteiger partial charge >= 0.3 is 0 Å². The molecule has 6 heteroatoms. The third-order valence-electron chi connectivity index (χ3n) is 5.87. The summed E-state index contributed by atoms with van der Waals surface area (Å²) in [4.78, 5) is 2.29. The quantitative estimate of drug-likeness (QED) is 0.311. The Kier molecular flexibility index (Phi) is 8.42. The van der Waals surface area contributed by atoms with Gasteiger partial charge in [-0.2, -0.15) is 0 Å². The van der Waals surface area contributed by atoms with Crippen LogP contribution in [0.4, 0.5) is 0 Å². The third-order valence-corrected chi connectivity index (χ3v) is 5.87. The van der Waals surface area contributed by atoms with Gasteiger partial charge in [-0.3, -0.25) is 0 Å². The van der Waals surface area contributed by atoms with Crippen LogP contribution in [0.2, 0.25) is 0 Å². The van der Waals surface area contributed by atoms with Crippen molar-refractivity contribution in [3.05, 3.63) is 66.4 Å². The number of unbranched alkanes of at least 4 members (excludes halogenated alkanes) is 1. The Labute approximate surface area is 191 Å². The van der Waals surface area contributed by atoms with Crippen molar-refractivity contribution in [2.24, 2.45) is 0 Å². The summed E-state index contributed by atoms with van der Waals surface area (Å²) in [6.07, 6.45) is 4.85. The fourth-order valence-electron chi connectivity index (χ4n) is 3.82. The number of hydrogen-bond donors (Lipinski definition) is 0. The first-order valence-electron chi connectivity index (χ1n) is 11.1. The van der Waals surface area contributed by atoms with E-state index in [1.807, 2.05) is 36.5 Å². The van der Waals surface area contributed by atoms with Gasteiger partial charge in [0.05, 0.1) is 27.9 Å². The molecule has 1 fully saturated rings. The molecule has 1 aliphatic heterocycles. The van der Waals surface area contributed by atoms with Gasteiger partial charge in [-0.05, 0) is 68.3 Å². The van der Waals surface area contributed by atoms with Crippen molar-refractivity contribution in [1.29, 1.82) is 0 Å². The molecule has 0 bridgehead atoms. The summed E-state index contributed by atoms with van der Waals surface area (Å²) in [7, 11) is 4.94. The summed E-state index contributed by atoms with van der Waals surface area (Å²) in [5.74, 6) is 1.60. The topological polar surface area (TPSA) is 52.7 Å². The summed E-state index contributed by atoms with van der Waals surface area (Å²) < 4.78 is 27.7. The minimum Gasteiger partial charge on any atom is -0.497 e. The number of benzene rings is 2. The van der Waals surface area contributed by atoms with E-state index in [4.69, 9.17) is 23.7 Å². The maximum Gasteiger partial charge on any atom is 0.219 e. The third kappa shape index (κ3) is 5.96. The van der Waals surface area contributed by atoms with Crippen molar-refractivity contribution < 1.29 is 23.7 Å². The highest BCUT2D eigenvalue weighted by atomic mass is 16.8. The zero-order valence-electron chi connectivity index (χ0n) is 19.6. The van der Waals surface area contributed by atoms with Crippen LogP contribution in [0.1, 0.15) is 30.9 Å². The fraction of sp³-hybridized carbons (Fsp3) is 0.462. The molecule has 0 radical (unpaired) electrons. The molecule has 174 valence electrons. The van der Waals surface area contributed by atoms with Crippen molar-refractivity contribution in [3.8, 4) is 17.2 Å². The average molecular weight is 442 g/mol. The zero-order valence-corrected chi connectivity index (χ0v) is 19.6. The average Bonchev–Trinajstić information content (AvgIpc) is 3.62. The smallest absolute Gasteiger partial charge is 0.219 e. The maximum atomic E-state index is 6.12. The Bertz CT molecular complexity index is 863. The van der Waals surface area contributed by atoms with Crippen LogP contribution in [-0.2, 0) is 21.7 Å². The largest absolute Gasteiger partial charge is 0.497 e. The van der Waals surface area contributed by atoms with Crippen LogP contribution < -0.4 is 14.2 Å². The van der Waals surface area contributed by atoms with E-state index in [1.54, 1.807) is 21.3 Å². The molecular formula is C26H35NO5. The summed E-state index contributed by atoms with van der Waals surface area (Å²) in [5.41, 5.74) is 2.24. The Morgan fingerprint density at radius 3 is 2.34 bits per heavy atom. The molecule has 2 aromatic carbocycles. The second-order valence-corrected chi connectivity index (χ2v) is 7.99. The Hall–Kier alpha value is -2.70. The lowest BCUT2D eigenvalue weighted by molar-refractivity contribution is -0.0497. The first kappa shape index (κ1) is 24.0. The molecule has 0 saturated carbocycles. The summed E-state index contributed by atoms with van der Waals surface area (Å²) >= 11 is 0. The number of rotatable bonds is 14. The van der Waals surface area contributed by atoms with Crippen LogP contribution in [-0.4, -0.2) is 52.0 Å². The number of methoxy groups -OCH3 is 3. The number of epoxide rings is 1. The molecule has 3 rings (SSSR count). The van der Waals surface area contributed by atoms with Gasteiger partial charge in [0, 0.05) is 18.2 Å². The lowest BCUT2D eigenvalue weighted by atomic mass is 10.1. The Morgan fingerprint density at radius 1 is 1.03 bits per heavy atom. The highest BCUT2D eigenvalue weighted by molar-refractivity contribution is 5.45. The molecule has 0 N–H and O–H groups in total. The van der Waals surface area contributed by atoms with E-state index >= 15 is 0 Å². The van der Waals surface area contributed by atoms with Crippen LogP contribution in [0, 0.1) is 0 Å². The Morgan fingerprint density at radius 2 is 1.75 bits per heavy atom. The molecule has 1 heterocycles. The molecule has 2 aromatic rings. The summed E-state index contributed by atoms with van der Waals surface area (Å²) in [6, 6.07) is 14.4. The van der Waals surface area contributed by atoms with Gasteiger partial charge < -0.3 is 28.6 Å². The van der Waals surface area contributed by atoms with Crippen molar-refractivity contribution in [2.45, 2.75) is 38.0 Å². The second kappa shape index (κ2) is 11.2. The van der Waals surface area contributed by atoms with E-state index in [1.165, 1.54) is 5.56 Å². The standard InChI is InChI=1S/C26H35NO5/c1-6-27(20(2)17-21-9-12-23(28-3)13-10-21)15-7-8-16-31-26(19-32-26)22-11-14-24(29-4)25(18-22)30-5/h6,9-14,18,20H,1,7-8,15-17,19H2,2-5H3. The molecule has 0 spiro atoms. The normalized spacial score (nSPS) is 18.0. The predicted molar refractivity (Wildman–Crippen MR) is 125 cm³/mol. The van der Waals surface area contributed by atoms with Crippen LogP contribution in [0.5, 0.6) is 17.2 Å². The molecule has 2 unspecified atom stereocenters. The van der Waals surface area contributed by atoms with Gasteiger partial charge in [0.25, 0.3) is 0 Å². The minimum atomic E-state index is -0.653. The van der Waals surface area contributed by atoms with Crippen LogP contribution in [0.15, 0.2) is 55.2 Å². The van der Waals surface area contributed by atoms with Gasteiger partial charge in [0.2, 0.25) is 5.79 Å². The summed E-state index contributed by atoms with van der Waals surface area (Å²) in [6.45, 7) is 8.36. The van der Waals surface area contributed by atoms with E-state index in [0.717, 1.165) is 37.1 Å². The number of nitrogens with zero attached hydrogens (tertiary/aromatic N) is 1. The van der Waals surface area contributed by atoms with Crippen molar-refractivity contribution in [1.82, 2.24) is 4.90 Å². The molecule has 0 aliphatic carbocycles. The Balaban J connectivity index is 1.43. The van der Waals surface area contributed by atoms with E-state index in [-0.39, 0.29) is 0 Å². The van der Waals surface area contributed by atoms with Gasteiger partial charge in [0.15, 0.2) is 11.5 Å². The maximum absolute atomic E-state index is 6.12. The second-order valence-electron chi connectivity index (χ2n) is 7.99. The number of hydrogen-bond acceptors (Lipinski definition) is 6.